The molecule has 18 heavy (non-hydrogen) atoms. The van der Waals surface area contributed by atoms with Gasteiger partial charge in [-0.15, -0.1) is 23.1 Å². The molecule has 0 aliphatic carbocycles. The Morgan fingerprint density at radius 3 is 1.94 bits per heavy atom. The molecule has 0 bridgehead atoms. The van der Waals surface area contributed by atoms with Crippen molar-refractivity contribution in [2.24, 2.45) is 0 Å². The molecule has 102 valence electrons. The van der Waals surface area contributed by atoms with Crippen molar-refractivity contribution in [2.45, 2.75) is 67.7 Å². The molecule has 0 saturated carbocycles. The highest BCUT2D eigenvalue weighted by atomic mass is 32.2. The monoisotopic (exact) mass is 304 g/mol. The van der Waals surface area contributed by atoms with Gasteiger partial charge in [0.2, 0.25) is 0 Å². The van der Waals surface area contributed by atoms with E-state index in [0.717, 1.165) is 0 Å². The van der Waals surface area contributed by atoms with Gasteiger partial charge in [-0.05, 0) is 10.8 Å². The third-order valence-corrected chi connectivity index (χ3v) is 7.65. The van der Waals surface area contributed by atoms with Gasteiger partial charge >= 0.3 is 0 Å². The number of fused-ring (bicyclic) bond motifs is 1. The Morgan fingerprint density at radius 2 is 1.44 bits per heavy atom. The van der Waals surface area contributed by atoms with E-state index in [9.17, 15) is 4.39 Å². The Labute approximate surface area is 122 Å². The fraction of sp³-hybridized carbons (Fsp3) is 0.714. The normalized spacial score (nSPS) is 20.9. The molecule has 0 amide bonds. The minimum atomic E-state index is -0.758. The highest BCUT2D eigenvalue weighted by Crippen LogP contribution is 2.54. The highest BCUT2D eigenvalue weighted by molar-refractivity contribution is 8.06. The van der Waals surface area contributed by atoms with E-state index in [2.05, 4.69) is 41.5 Å². The van der Waals surface area contributed by atoms with Crippen LogP contribution in [0.1, 0.15) is 51.3 Å². The molecule has 1 aromatic heterocycles. The van der Waals surface area contributed by atoms with Crippen LogP contribution >= 0.6 is 34.9 Å². The highest BCUT2D eigenvalue weighted by Gasteiger charge is 2.35. The summed E-state index contributed by atoms with van der Waals surface area (Å²) in [5.41, 5.74) is -0.510. The van der Waals surface area contributed by atoms with E-state index in [1.54, 1.807) is 11.8 Å². The first kappa shape index (κ1) is 14.7. The third-order valence-electron chi connectivity index (χ3n) is 2.79. The topological polar surface area (TPSA) is 0 Å². The minimum Gasteiger partial charge on any atom is -0.234 e. The second kappa shape index (κ2) is 4.71. The quantitative estimate of drug-likeness (QED) is 0.591. The second-order valence-corrected chi connectivity index (χ2v) is 9.96. The molecule has 1 aromatic rings. The molecule has 2 rings (SSSR count). The molecule has 1 unspecified atom stereocenters. The Morgan fingerprint density at radius 1 is 0.944 bits per heavy atom. The van der Waals surface area contributed by atoms with Crippen molar-refractivity contribution < 1.29 is 4.39 Å². The molecule has 4 heteroatoms. The summed E-state index contributed by atoms with van der Waals surface area (Å²) in [5.74, 6) is 0.584. The van der Waals surface area contributed by atoms with Crippen molar-refractivity contribution in [2.75, 3.05) is 5.75 Å². The lowest BCUT2D eigenvalue weighted by atomic mass is 9.93. The number of hydrogen-bond acceptors (Lipinski definition) is 3. The van der Waals surface area contributed by atoms with Gasteiger partial charge in [0.1, 0.15) is 0 Å². The standard InChI is InChI=1S/C14H21FS3/c1-13(2,3)11-9-10(17-8(15)7-16-9)12(18-11)14(4,5)6/h8H,7H2,1-6H3. The molecule has 0 saturated heterocycles. The van der Waals surface area contributed by atoms with Crippen LogP contribution in [0.3, 0.4) is 0 Å². The molecule has 0 spiro atoms. The number of hydrogen-bond donors (Lipinski definition) is 0. The van der Waals surface area contributed by atoms with Crippen LogP contribution in [0.2, 0.25) is 0 Å². The van der Waals surface area contributed by atoms with E-state index < -0.39 is 5.50 Å². The summed E-state index contributed by atoms with van der Waals surface area (Å²) in [6.45, 7) is 13.4. The lowest BCUT2D eigenvalue weighted by Crippen LogP contribution is -2.13. The second-order valence-electron chi connectivity index (χ2n) is 6.76. The summed E-state index contributed by atoms with van der Waals surface area (Å²) in [6.07, 6.45) is 0. The predicted molar refractivity (Wildman–Crippen MR) is 83.2 cm³/mol. The Hall–Kier alpha value is 0.330. The van der Waals surface area contributed by atoms with E-state index in [1.807, 2.05) is 11.3 Å². The molecular weight excluding hydrogens is 283 g/mol. The lowest BCUT2D eigenvalue weighted by molar-refractivity contribution is 0.486. The molecule has 1 atom stereocenters. The molecule has 0 fully saturated rings. The smallest absolute Gasteiger partial charge is 0.159 e. The Kier molecular flexibility index (Phi) is 3.85. The van der Waals surface area contributed by atoms with Gasteiger partial charge in [-0.1, -0.05) is 53.3 Å². The summed E-state index contributed by atoms with van der Waals surface area (Å²) in [4.78, 5) is 5.33. The largest absolute Gasteiger partial charge is 0.234 e. The lowest BCUT2D eigenvalue weighted by Gasteiger charge is -2.23. The first-order chi connectivity index (χ1) is 8.10. The number of thioether (sulfide) groups is 2. The maximum atomic E-state index is 13.7. The molecular formula is C14H21FS3. The van der Waals surface area contributed by atoms with Crippen LogP contribution in [-0.4, -0.2) is 11.3 Å². The molecule has 1 aliphatic rings. The van der Waals surface area contributed by atoms with E-state index >= 15 is 0 Å². The summed E-state index contributed by atoms with van der Waals surface area (Å²) < 4.78 is 13.7. The summed E-state index contributed by atoms with van der Waals surface area (Å²) >= 11 is 5.01. The summed E-state index contributed by atoms with van der Waals surface area (Å²) in [6, 6.07) is 0. The van der Waals surface area contributed by atoms with E-state index in [0.29, 0.717) is 5.75 Å². The van der Waals surface area contributed by atoms with E-state index in [1.165, 1.54) is 31.3 Å². The maximum absolute atomic E-state index is 13.7. The van der Waals surface area contributed by atoms with Gasteiger partial charge < -0.3 is 0 Å². The van der Waals surface area contributed by atoms with Gasteiger partial charge in [0.25, 0.3) is 0 Å². The number of rotatable bonds is 0. The third kappa shape index (κ3) is 2.75. The fourth-order valence-electron chi connectivity index (χ4n) is 1.94. The van der Waals surface area contributed by atoms with Crippen molar-refractivity contribution in [1.29, 1.82) is 0 Å². The van der Waals surface area contributed by atoms with Gasteiger partial charge in [-0.25, -0.2) is 4.39 Å². The van der Waals surface area contributed by atoms with Crippen LogP contribution in [-0.2, 0) is 10.8 Å². The van der Waals surface area contributed by atoms with E-state index in [-0.39, 0.29) is 10.8 Å². The van der Waals surface area contributed by atoms with Gasteiger partial charge in [-0.2, -0.15) is 0 Å². The van der Waals surface area contributed by atoms with Gasteiger partial charge in [-0.3, -0.25) is 0 Å². The number of thiophene rings is 1. The van der Waals surface area contributed by atoms with Crippen molar-refractivity contribution >= 4 is 34.9 Å². The molecule has 0 nitrogen and oxygen atoms in total. The zero-order chi connectivity index (χ0) is 13.7. The van der Waals surface area contributed by atoms with Gasteiger partial charge in [0.15, 0.2) is 5.50 Å². The first-order valence-electron chi connectivity index (χ1n) is 6.22. The van der Waals surface area contributed by atoms with Crippen LogP contribution in [0.4, 0.5) is 4.39 Å². The minimum absolute atomic E-state index is 0.100. The van der Waals surface area contributed by atoms with Crippen molar-refractivity contribution in [3.05, 3.63) is 9.75 Å². The Bertz CT molecular complexity index is 449. The molecule has 0 radical (unpaired) electrons. The average molecular weight is 305 g/mol. The molecule has 0 N–H and O–H groups in total. The van der Waals surface area contributed by atoms with Crippen molar-refractivity contribution in [3.8, 4) is 0 Å². The molecule has 0 aromatic carbocycles. The van der Waals surface area contributed by atoms with Gasteiger partial charge in [0, 0.05) is 25.3 Å². The average Bonchev–Trinajstić information content (AvgIpc) is 2.54. The SMILES string of the molecule is CC(C)(C)c1sc(C(C)(C)C)c2c1SCC(F)S2. The summed E-state index contributed by atoms with van der Waals surface area (Å²) in [7, 11) is 0. The predicted octanol–water partition coefficient (Wildman–Crippen LogP) is 5.84. The zero-order valence-corrected chi connectivity index (χ0v) is 14.3. The van der Waals surface area contributed by atoms with Gasteiger partial charge in [0.05, 0.1) is 0 Å². The van der Waals surface area contributed by atoms with Crippen LogP contribution in [0.25, 0.3) is 0 Å². The van der Waals surface area contributed by atoms with Crippen molar-refractivity contribution in [1.82, 2.24) is 0 Å². The van der Waals surface area contributed by atoms with Crippen LogP contribution in [0, 0.1) is 0 Å². The zero-order valence-electron chi connectivity index (χ0n) is 11.9. The fourth-order valence-corrected chi connectivity index (χ4v) is 6.49. The van der Waals surface area contributed by atoms with Crippen LogP contribution in [0.5, 0.6) is 0 Å². The Balaban J connectivity index is 2.60. The maximum Gasteiger partial charge on any atom is 0.159 e. The molecule has 1 aliphatic heterocycles. The number of halogens is 1. The summed E-state index contributed by atoms with van der Waals surface area (Å²) in [5, 5.41) is 0. The number of alkyl halides is 1. The van der Waals surface area contributed by atoms with Crippen molar-refractivity contribution in [3.63, 3.8) is 0 Å². The first-order valence-corrected chi connectivity index (χ1v) is 8.90. The van der Waals surface area contributed by atoms with Crippen LogP contribution in [0.15, 0.2) is 9.79 Å². The van der Waals surface area contributed by atoms with Crippen LogP contribution < -0.4 is 0 Å². The van der Waals surface area contributed by atoms with E-state index in [4.69, 9.17) is 0 Å². The molecule has 2 heterocycles.